The third-order valence-electron chi connectivity index (χ3n) is 5.65. The topological polar surface area (TPSA) is 66.6 Å². The zero-order valence-electron chi connectivity index (χ0n) is 15.4. The zero-order chi connectivity index (χ0) is 18.8. The summed E-state index contributed by atoms with van der Waals surface area (Å²) in [5.74, 6) is 0.351. The molecule has 0 bridgehead atoms. The molecule has 0 saturated carbocycles. The van der Waals surface area contributed by atoms with E-state index < -0.39 is 0 Å². The monoisotopic (exact) mass is 363 g/mol. The van der Waals surface area contributed by atoms with Gasteiger partial charge in [0.25, 0.3) is 0 Å². The van der Waals surface area contributed by atoms with Crippen molar-refractivity contribution in [2.24, 2.45) is 0 Å². The molecule has 140 valence electrons. The molecule has 2 N–H and O–H groups in total. The number of nitrogens with zero attached hydrogens (tertiary/aromatic N) is 2. The van der Waals surface area contributed by atoms with Gasteiger partial charge in [-0.2, -0.15) is 0 Å². The molecule has 0 spiro atoms. The molecule has 5 heteroatoms. The lowest BCUT2D eigenvalue weighted by Gasteiger charge is -2.41. The normalized spacial score (nSPS) is 17.7. The number of nitrogen functional groups attached to an aromatic ring is 1. The van der Waals surface area contributed by atoms with Crippen molar-refractivity contribution in [3.63, 3.8) is 0 Å². The van der Waals surface area contributed by atoms with Gasteiger partial charge >= 0.3 is 0 Å². The fourth-order valence-electron chi connectivity index (χ4n) is 4.15. The minimum atomic E-state index is 0.142. The van der Waals surface area contributed by atoms with Gasteiger partial charge in [0.15, 0.2) is 0 Å². The predicted octanol–water partition coefficient (Wildman–Crippen LogP) is 2.78. The van der Waals surface area contributed by atoms with E-state index in [9.17, 15) is 9.59 Å². The Morgan fingerprint density at radius 3 is 2.44 bits per heavy atom. The van der Waals surface area contributed by atoms with Gasteiger partial charge in [-0.05, 0) is 48.6 Å². The molecule has 0 aliphatic carbocycles. The highest BCUT2D eigenvalue weighted by molar-refractivity contribution is 5.97. The number of hydrogen-bond donors (Lipinski definition) is 1. The van der Waals surface area contributed by atoms with Gasteiger partial charge in [0.1, 0.15) is 0 Å². The summed E-state index contributed by atoms with van der Waals surface area (Å²) in [6, 6.07) is 15.8. The molecular weight excluding hydrogens is 338 g/mol. The van der Waals surface area contributed by atoms with E-state index in [1.54, 1.807) is 0 Å². The minimum absolute atomic E-state index is 0.142. The Morgan fingerprint density at radius 1 is 1.00 bits per heavy atom. The van der Waals surface area contributed by atoms with Crippen LogP contribution in [0.1, 0.15) is 30.4 Å². The molecular formula is C22H25N3O2. The van der Waals surface area contributed by atoms with Gasteiger partial charge in [-0.1, -0.05) is 30.3 Å². The summed E-state index contributed by atoms with van der Waals surface area (Å²) in [7, 11) is 0. The molecule has 5 nitrogen and oxygen atoms in total. The number of hydrogen-bond acceptors (Lipinski definition) is 3. The molecule has 1 saturated heterocycles. The molecule has 0 atom stereocenters. The summed E-state index contributed by atoms with van der Waals surface area (Å²) in [5.41, 5.74) is 9.70. The van der Waals surface area contributed by atoms with Crippen molar-refractivity contribution in [2.75, 3.05) is 23.7 Å². The number of carbonyl (C=O) groups is 2. The number of rotatable bonds is 3. The number of nitrogens with two attached hydrogens (primary N) is 1. The van der Waals surface area contributed by atoms with E-state index in [4.69, 9.17) is 5.73 Å². The number of piperidine rings is 1. The van der Waals surface area contributed by atoms with Gasteiger partial charge in [-0.25, -0.2) is 0 Å². The van der Waals surface area contributed by atoms with Crippen LogP contribution in [0.4, 0.5) is 11.4 Å². The number of amides is 2. The summed E-state index contributed by atoms with van der Waals surface area (Å²) >= 11 is 0. The molecule has 27 heavy (non-hydrogen) atoms. The van der Waals surface area contributed by atoms with E-state index in [1.807, 2.05) is 52.3 Å². The van der Waals surface area contributed by atoms with Crippen molar-refractivity contribution in [1.29, 1.82) is 0 Å². The Kier molecular flexibility index (Phi) is 4.84. The highest BCUT2D eigenvalue weighted by atomic mass is 16.2. The van der Waals surface area contributed by atoms with Crippen molar-refractivity contribution in [2.45, 2.75) is 38.1 Å². The van der Waals surface area contributed by atoms with Crippen LogP contribution in [0.3, 0.4) is 0 Å². The molecule has 2 aromatic carbocycles. The van der Waals surface area contributed by atoms with E-state index in [0.717, 1.165) is 30.5 Å². The number of para-hydroxylation sites is 1. The highest BCUT2D eigenvalue weighted by Crippen LogP contribution is 2.32. The second kappa shape index (κ2) is 7.43. The molecule has 2 aliphatic heterocycles. The number of fused-ring (bicyclic) bond motifs is 1. The average molecular weight is 363 g/mol. The smallest absolute Gasteiger partial charge is 0.227 e. The average Bonchev–Trinajstić information content (AvgIpc) is 2.70. The third-order valence-corrected chi connectivity index (χ3v) is 5.65. The second-order valence-electron chi connectivity index (χ2n) is 7.42. The van der Waals surface area contributed by atoms with Crippen LogP contribution in [0.25, 0.3) is 0 Å². The maximum absolute atomic E-state index is 12.6. The Bertz CT molecular complexity index is 839. The Labute approximate surface area is 159 Å². The van der Waals surface area contributed by atoms with Crippen LogP contribution in [0, 0.1) is 0 Å². The van der Waals surface area contributed by atoms with Gasteiger partial charge in [0.05, 0.1) is 6.42 Å². The maximum atomic E-state index is 12.6. The van der Waals surface area contributed by atoms with E-state index in [2.05, 4.69) is 6.07 Å². The van der Waals surface area contributed by atoms with Crippen molar-refractivity contribution in [1.82, 2.24) is 4.90 Å². The number of aryl methyl sites for hydroxylation is 1. The van der Waals surface area contributed by atoms with Crippen LogP contribution < -0.4 is 10.6 Å². The van der Waals surface area contributed by atoms with E-state index in [-0.39, 0.29) is 17.9 Å². The summed E-state index contributed by atoms with van der Waals surface area (Å²) in [5, 5.41) is 0. The van der Waals surface area contributed by atoms with Crippen molar-refractivity contribution in [3.8, 4) is 0 Å². The molecule has 4 rings (SSSR count). The van der Waals surface area contributed by atoms with Crippen LogP contribution in [-0.2, 0) is 22.4 Å². The summed E-state index contributed by atoms with van der Waals surface area (Å²) in [4.78, 5) is 29.1. The van der Waals surface area contributed by atoms with Crippen LogP contribution in [0.2, 0.25) is 0 Å². The molecule has 0 unspecified atom stereocenters. The summed E-state index contributed by atoms with van der Waals surface area (Å²) in [6.07, 6.45) is 3.45. The molecule has 0 radical (unpaired) electrons. The lowest BCUT2D eigenvalue weighted by molar-refractivity contribution is -0.131. The van der Waals surface area contributed by atoms with Crippen LogP contribution in [0.5, 0.6) is 0 Å². The quantitative estimate of drug-likeness (QED) is 0.853. The minimum Gasteiger partial charge on any atom is -0.399 e. The molecule has 2 aliphatic rings. The summed E-state index contributed by atoms with van der Waals surface area (Å²) in [6.45, 7) is 1.40. The molecule has 2 amide bonds. The maximum Gasteiger partial charge on any atom is 0.227 e. The summed E-state index contributed by atoms with van der Waals surface area (Å²) < 4.78 is 0. The Balaban J connectivity index is 1.39. The predicted molar refractivity (Wildman–Crippen MR) is 106 cm³/mol. The van der Waals surface area contributed by atoms with E-state index in [0.29, 0.717) is 31.6 Å². The zero-order valence-corrected chi connectivity index (χ0v) is 15.4. The van der Waals surface area contributed by atoms with Gasteiger partial charge in [-0.15, -0.1) is 0 Å². The fraction of sp³-hybridized carbons (Fsp3) is 0.364. The highest BCUT2D eigenvalue weighted by Gasteiger charge is 2.33. The van der Waals surface area contributed by atoms with E-state index >= 15 is 0 Å². The van der Waals surface area contributed by atoms with Crippen LogP contribution in [-0.4, -0.2) is 35.8 Å². The fourth-order valence-corrected chi connectivity index (χ4v) is 4.15. The van der Waals surface area contributed by atoms with Crippen molar-refractivity contribution < 1.29 is 9.59 Å². The van der Waals surface area contributed by atoms with Crippen molar-refractivity contribution in [3.05, 3.63) is 59.7 Å². The van der Waals surface area contributed by atoms with Crippen LogP contribution in [0.15, 0.2) is 48.5 Å². The van der Waals surface area contributed by atoms with Gasteiger partial charge in [0, 0.05) is 36.9 Å². The van der Waals surface area contributed by atoms with Crippen molar-refractivity contribution >= 4 is 23.2 Å². The first-order valence-electron chi connectivity index (χ1n) is 9.64. The number of carbonyl (C=O) groups excluding carboxylic acids is 2. The molecule has 2 aromatic rings. The number of likely N-dealkylation sites (tertiary alicyclic amines) is 1. The molecule has 1 fully saturated rings. The van der Waals surface area contributed by atoms with Gasteiger partial charge < -0.3 is 15.5 Å². The second-order valence-corrected chi connectivity index (χ2v) is 7.42. The first-order valence-corrected chi connectivity index (χ1v) is 9.64. The molecule has 2 heterocycles. The van der Waals surface area contributed by atoms with E-state index in [1.165, 1.54) is 5.56 Å². The first-order chi connectivity index (χ1) is 13.1. The number of anilines is 2. The number of benzene rings is 2. The Morgan fingerprint density at radius 2 is 1.70 bits per heavy atom. The lowest BCUT2D eigenvalue weighted by atomic mass is 9.95. The first kappa shape index (κ1) is 17.6. The third kappa shape index (κ3) is 3.68. The lowest BCUT2D eigenvalue weighted by Crippen LogP contribution is -2.50. The largest absolute Gasteiger partial charge is 0.399 e. The van der Waals surface area contributed by atoms with Gasteiger partial charge in [-0.3, -0.25) is 9.59 Å². The standard InChI is InChI=1S/C22H25N3O2/c23-18-8-5-16(6-9-18)15-22(27)24-13-11-19(12-14-24)25-20-4-2-1-3-17(20)7-10-21(25)26/h1-6,8-9,19H,7,10-15,23H2. The Hall–Kier alpha value is -2.82. The van der Waals surface area contributed by atoms with Crippen LogP contribution >= 0.6 is 0 Å². The molecule has 0 aromatic heterocycles. The van der Waals surface area contributed by atoms with Gasteiger partial charge in [0.2, 0.25) is 11.8 Å². The SMILES string of the molecule is Nc1ccc(CC(=O)N2CCC(N3C(=O)CCc4ccccc43)CC2)cc1.